The van der Waals surface area contributed by atoms with Crippen LogP contribution in [0.5, 0.6) is 0 Å². The second kappa shape index (κ2) is 4.70. The summed E-state index contributed by atoms with van der Waals surface area (Å²) in [5, 5.41) is 7.37. The molecule has 1 aliphatic rings. The van der Waals surface area contributed by atoms with E-state index in [2.05, 4.69) is 32.3 Å². The summed E-state index contributed by atoms with van der Waals surface area (Å²) in [4.78, 5) is 12.9. The van der Waals surface area contributed by atoms with Gasteiger partial charge in [0.15, 0.2) is 0 Å². The van der Waals surface area contributed by atoms with E-state index in [0.717, 1.165) is 31.5 Å². The zero-order chi connectivity index (χ0) is 13.3. The summed E-state index contributed by atoms with van der Waals surface area (Å²) >= 11 is 0. The van der Waals surface area contributed by atoms with Gasteiger partial charge in [-0.25, -0.2) is 9.97 Å². The van der Waals surface area contributed by atoms with Crippen LogP contribution in [0.3, 0.4) is 0 Å². The maximum atomic E-state index is 5.41. The van der Waals surface area contributed by atoms with Gasteiger partial charge in [-0.2, -0.15) is 4.98 Å². The molecule has 1 aliphatic heterocycles. The van der Waals surface area contributed by atoms with Crippen LogP contribution in [0, 0.1) is 6.92 Å². The van der Waals surface area contributed by atoms with Crippen LogP contribution < -0.4 is 5.32 Å². The van der Waals surface area contributed by atoms with Crippen LogP contribution in [0.15, 0.2) is 16.9 Å². The molecule has 0 radical (unpaired) electrons. The van der Waals surface area contributed by atoms with Crippen LogP contribution in [0.25, 0.3) is 11.6 Å². The van der Waals surface area contributed by atoms with E-state index in [1.807, 2.05) is 6.92 Å². The van der Waals surface area contributed by atoms with Crippen molar-refractivity contribution in [3.63, 3.8) is 0 Å². The lowest BCUT2D eigenvalue weighted by molar-refractivity contribution is 0.245. The van der Waals surface area contributed by atoms with E-state index in [-0.39, 0.29) is 5.41 Å². The van der Waals surface area contributed by atoms with E-state index in [1.54, 1.807) is 12.4 Å². The van der Waals surface area contributed by atoms with E-state index in [0.29, 0.717) is 17.5 Å². The largest absolute Gasteiger partial charge is 0.338 e. The maximum absolute atomic E-state index is 5.41. The van der Waals surface area contributed by atoms with E-state index in [9.17, 15) is 0 Å². The molecule has 6 heteroatoms. The Morgan fingerprint density at radius 1 is 1.26 bits per heavy atom. The van der Waals surface area contributed by atoms with Crippen molar-refractivity contribution in [1.29, 1.82) is 0 Å². The molecule has 2 aromatic rings. The molecule has 1 N–H and O–H groups in total. The van der Waals surface area contributed by atoms with Gasteiger partial charge < -0.3 is 9.84 Å². The van der Waals surface area contributed by atoms with Gasteiger partial charge in [0.05, 0.1) is 5.41 Å². The highest BCUT2D eigenvalue weighted by Gasteiger charge is 2.34. The van der Waals surface area contributed by atoms with Crippen molar-refractivity contribution in [3.8, 4) is 11.6 Å². The Morgan fingerprint density at radius 3 is 2.74 bits per heavy atom. The molecular formula is C13H17N5O. The van der Waals surface area contributed by atoms with Crippen LogP contribution in [0.2, 0.25) is 0 Å². The molecular weight excluding hydrogens is 242 g/mol. The quantitative estimate of drug-likeness (QED) is 0.880. The topological polar surface area (TPSA) is 76.7 Å². The van der Waals surface area contributed by atoms with Gasteiger partial charge in [-0.15, -0.1) is 0 Å². The average Bonchev–Trinajstić information content (AvgIpc) is 2.91. The van der Waals surface area contributed by atoms with Crippen LogP contribution in [-0.4, -0.2) is 33.2 Å². The fraction of sp³-hybridized carbons (Fsp3) is 0.538. The summed E-state index contributed by atoms with van der Waals surface area (Å²) in [5.41, 5.74) is 0.921. The summed E-state index contributed by atoms with van der Waals surface area (Å²) in [6.45, 7) is 6.01. The second-order valence-corrected chi connectivity index (χ2v) is 5.35. The van der Waals surface area contributed by atoms with Crippen molar-refractivity contribution in [2.45, 2.75) is 32.1 Å². The molecule has 19 heavy (non-hydrogen) atoms. The van der Waals surface area contributed by atoms with Crippen molar-refractivity contribution in [2.75, 3.05) is 13.1 Å². The highest BCUT2D eigenvalue weighted by Crippen LogP contribution is 2.30. The number of piperidine rings is 1. The molecule has 0 aliphatic carbocycles. The third kappa shape index (κ3) is 2.35. The van der Waals surface area contributed by atoms with Crippen molar-refractivity contribution >= 4 is 0 Å². The van der Waals surface area contributed by atoms with Gasteiger partial charge in [0, 0.05) is 18.9 Å². The molecule has 3 rings (SSSR count). The maximum Gasteiger partial charge on any atom is 0.240 e. The Kier molecular flexibility index (Phi) is 3.02. The molecule has 100 valence electrons. The Balaban J connectivity index is 1.88. The van der Waals surface area contributed by atoms with E-state index < -0.39 is 0 Å². The summed E-state index contributed by atoms with van der Waals surface area (Å²) < 4.78 is 5.41. The number of aromatic nitrogens is 4. The first-order valence-corrected chi connectivity index (χ1v) is 6.51. The standard InChI is InChI=1S/C13H17N5O/c1-9-6-15-10(16-7-9)11-17-12(19-18-11)13(2)4-3-5-14-8-13/h6-7,14H,3-5,8H2,1-2H3. The van der Waals surface area contributed by atoms with E-state index >= 15 is 0 Å². The predicted molar refractivity (Wildman–Crippen MR) is 69.5 cm³/mol. The molecule has 2 aromatic heterocycles. The molecule has 3 heterocycles. The van der Waals surface area contributed by atoms with E-state index in [4.69, 9.17) is 4.52 Å². The first kappa shape index (κ1) is 12.2. The Morgan fingerprint density at radius 2 is 2.05 bits per heavy atom. The zero-order valence-corrected chi connectivity index (χ0v) is 11.2. The van der Waals surface area contributed by atoms with Crippen molar-refractivity contribution < 1.29 is 4.52 Å². The van der Waals surface area contributed by atoms with Gasteiger partial charge in [0.2, 0.25) is 17.5 Å². The lowest BCUT2D eigenvalue weighted by Gasteiger charge is -2.30. The SMILES string of the molecule is Cc1cnc(-c2noc(C3(C)CCCNC3)n2)nc1. The second-order valence-electron chi connectivity index (χ2n) is 5.35. The van der Waals surface area contributed by atoms with Gasteiger partial charge in [-0.1, -0.05) is 5.16 Å². The van der Waals surface area contributed by atoms with Gasteiger partial charge in [0.25, 0.3) is 0 Å². The third-order valence-corrected chi connectivity index (χ3v) is 3.52. The molecule has 0 saturated carbocycles. The van der Waals surface area contributed by atoms with Crippen LogP contribution in [0.1, 0.15) is 31.2 Å². The lowest BCUT2D eigenvalue weighted by Crippen LogP contribution is -2.41. The number of nitrogens with one attached hydrogen (secondary N) is 1. The van der Waals surface area contributed by atoms with Crippen molar-refractivity contribution in [3.05, 3.63) is 23.8 Å². The highest BCUT2D eigenvalue weighted by molar-refractivity contribution is 5.41. The summed E-state index contributed by atoms with van der Waals surface area (Å²) in [7, 11) is 0. The molecule has 0 aromatic carbocycles. The minimum absolute atomic E-state index is 0.0891. The molecule has 1 saturated heterocycles. The Bertz CT molecular complexity index is 557. The molecule has 0 bridgehead atoms. The van der Waals surface area contributed by atoms with Gasteiger partial charge >= 0.3 is 0 Å². The first-order valence-electron chi connectivity index (χ1n) is 6.51. The highest BCUT2D eigenvalue weighted by atomic mass is 16.5. The number of nitrogens with zero attached hydrogens (tertiary/aromatic N) is 4. The van der Waals surface area contributed by atoms with Gasteiger partial charge in [-0.3, -0.25) is 0 Å². The fourth-order valence-corrected chi connectivity index (χ4v) is 2.31. The molecule has 1 fully saturated rings. The lowest BCUT2D eigenvalue weighted by atomic mass is 9.83. The third-order valence-electron chi connectivity index (χ3n) is 3.52. The summed E-state index contributed by atoms with van der Waals surface area (Å²) in [6.07, 6.45) is 5.68. The summed E-state index contributed by atoms with van der Waals surface area (Å²) in [6, 6.07) is 0. The van der Waals surface area contributed by atoms with Crippen LogP contribution in [-0.2, 0) is 5.41 Å². The van der Waals surface area contributed by atoms with Crippen LogP contribution >= 0.6 is 0 Å². The number of hydrogen-bond donors (Lipinski definition) is 1. The Hall–Kier alpha value is -1.82. The molecule has 1 atom stereocenters. The molecule has 6 nitrogen and oxygen atoms in total. The Labute approximate surface area is 111 Å². The fourth-order valence-electron chi connectivity index (χ4n) is 2.31. The minimum Gasteiger partial charge on any atom is -0.338 e. The number of hydrogen-bond acceptors (Lipinski definition) is 6. The zero-order valence-electron chi connectivity index (χ0n) is 11.2. The molecule has 1 unspecified atom stereocenters. The van der Waals surface area contributed by atoms with E-state index in [1.165, 1.54) is 0 Å². The number of rotatable bonds is 2. The normalized spacial score (nSPS) is 23.5. The van der Waals surface area contributed by atoms with Crippen LogP contribution in [0.4, 0.5) is 0 Å². The van der Waals surface area contributed by atoms with Crippen molar-refractivity contribution in [1.82, 2.24) is 25.4 Å². The number of aryl methyl sites for hydroxylation is 1. The monoisotopic (exact) mass is 259 g/mol. The van der Waals surface area contributed by atoms with Crippen molar-refractivity contribution in [2.24, 2.45) is 0 Å². The first-order chi connectivity index (χ1) is 9.17. The predicted octanol–water partition coefficient (Wildman–Crippen LogP) is 1.48. The molecule has 0 spiro atoms. The smallest absolute Gasteiger partial charge is 0.240 e. The average molecular weight is 259 g/mol. The van der Waals surface area contributed by atoms with Gasteiger partial charge in [0.1, 0.15) is 0 Å². The molecule has 0 amide bonds. The summed E-state index contributed by atoms with van der Waals surface area (Å²) in [5.74, 6) is 1.63. The minimum atomic E-state index is -0.0891. The van der Waals surface area contributed by atoms with Gasteiger partial charge in [-0.05, 0) is 38.8 Å².